The van der Waals surface area contributed by atoms with Gasteiger partial charge in [-0.1, -0.05) is 183 Å². The SMILES string of the molecule is Cc1cc2c3c(c1)N(c1cc4c(cc1C)C(C)(C)CCC4(C)C)c1cc4c(cc1B3N(c1ccc(C(C)(C)C)cc1-c1ccccc1)c1c-2ccc2c1-c1ccccc1C2(C)C)Sc1ccccc1S4. The van der Waals surface area contributed by atoms with Gasteiger partial charge in [0.05, 0.1) is 0 Å². The van der Waals surface area contributed by atoms with Crippen molar-refractivity contribution < 1.29 is 0 Å². The van der Waals surface area contributed by atoms with Crippen molar-refractivity contribution in [3.63, 3.8) is 0 Å². The third-order valence-electron chi connectivity index (χ3n) is 16.9. The topological polar surface area (TPSA) is 6.48 Å². The lowest BCUT2D eigenvalue weighted by Gasteiger charge is -2.48. The minimum atomic E-state index is -0.170. The van der Waals surface area contributed by atoms with Crippen molar-refractivity contribution in [2.45, 2.75) is 130 Å². The molecule has 0 saturated carbocycles. The summed E-state index contributed by atoms with van der Waals surface area (Å²) in [6.07, 6.45) is 2.36. The fraction of sp³-hybridized carbons (Fsp3) is 0.262. The van der Waals surface area contributed by atoms with E-state index in [9.17, 15) is 0 Å². The predicted molar refractivity (Wildman–Crippen MR) is 301 cm³/mol. The van der Waals surface area contributed by atoms with Crippen LogP contribution in [0.5, 0.6) is 0 Å². The van der Waals surface area contributed by atoms with E-state index >= 15 is 0 Å². The number of fused-ring (bicyclic) bond motifs is 11. The molecule has 2 nitrogen and oxygen atoms in total. The summed E-state index contributed by atoms with van der Waals surface area (Å²) in [4.78, 5) is 10.8. The van der Waals surface area contributed by atoms with Crippen LogP contribution in [0.3, 0.4) is 0 Å². The molecule has 3 heterocycles. The second kappa shape index (κ2) is 15.1. The van der Waals surface area contributed by atoms with E-state index in [1.165, 1.54) is 144 Å². The van der Waals surface area contributed by atoms with E-state index in [4.69, 9.17) is 0 Å². The molecule has 0 bridgehead atoms. The van der Waals surface area contributed by atoms with Gasteiger partial charge in [-0.05, 0) is 158 Å². The third kappa shape index (κ3) is 6.35. The maximum Gasteiger partial charge on any atom is 0.333 e. The van der Waals surface area contributed by atoms with E-state index in [1.807, 2.05) is 23.5 Å². The molecule has 0 amide bonds. The Balaban J connectivity index is 1.18. The Morgan fingerprint density at radius 1 is 0.500 bits per heavy atom. The average molecular weight is 945 g/mol. The first-order chi connectivity index (χ1) is 33.4. The third-order valence-corrected chi connectivity index (χ3v) is 19.4. The summed E-state index contributed by atoms with van der Waals surface area (Å²) in [7, 11) is 0. The molecule has 3 aliphatic heterocycles. The number of nitrogens with zero attached hydrogens (tertiary/aromatic N) is 2. The van der Waals surface area contributed by atoms with Gasteiger partial charge in [0.15, 0.2) is 0 Å². The first-order valence-electron chi connectivity index (χ1n) is 25.4. The molecule has 0 fully saturated rings. The molecule has 0 aromatic heterocycles. The van der Waals surface area contributed by atoms with Crippen molar-refractivity contribution >= 4 is 69.7 Å². The van der Waals surface area contributed by atoms with Crippen LogP contribution in [0.25, 0.3) is 33.4 Å². The van der Waals surface area contributed by atoms with E-state index in [2.05, 4.69) is 231 Å². The molecular formula is C65H61BN2S2. The number of hydrogen-bond donors (Lipinski definition) is 0. The van der Waals surface area contributed by atoms with Crippen LogP contribution in [0.4, 0.5) is 28.4 Å². The van der Waals surface area contributed by atoms with Crippen molar-refractivity contribution in [1.82, 2.24) is 0 Å². The van der Waals surface area contributed by atoms with Gasteiger partial charge in [0.1, 0.15) is 0 Å². The van der Waals surface area contributed by atoms with E-state index in [1.54, 1.807) is 0 Å². The maximum absolute atomic E-state index is 2.82. The average Bonchev–Trinajstić information content (AvgIpc) is 3.57. The Kier molecular flexibility index (Phi) is 9.50. The van der Waals surface area contributed by atoms with Crippen LogP contribution >= 0.6 is 23.5 Å². The highest BCUT2D eigenvalue weighted by Crippen LogP contribution is 2.60. The van der Waals surface area contributed by atoms with Crippen LogP contribution in [0.15, 0.2) is 165 Å². The molecule has 0 saturated heterocycles. The molecule has 5 aliphatic rings. The highest BCUT2D eigenvalue weighted by molar-refractivity contribution is 8.05. The molecular weight excluding hydrogens is 884 g/mol. The standard InChI is InChI=1S/C65H61BN2S2/c1-38-31-45-42-26-27-47-59(43-21-15-16-22-46(43)65(47,10)11)61(42)68(51-28-25-41(62(3,4)5)34-44(51)40-19-13-12-14-20-40)66-50-36-57-58(70-56-24-18-17-23-55(56)69-57)37-53(50)67(54(32-38)60(45)66)52-35-49-48(33-39(52)2)63(6,7)29-30-64(49,8)9/h12-28,31-37H,29-30H2,1-11H3. The van der Waals surface area contributed by atoms with Gasteiger partial charge in [0, 0.05) is 70.1 Å². The van der Waals surface area contributed by atoms with Gasteiger partial charge in [0.25, 0.3) is 0 Å². The second-order valence-corrected chi connectivity index (χ2v) is 25.9. The van der Waals surface area contributed by atoms with Crippen molar-refractivity contribution in [3.8, 4) is 33.4 Å². The summed E-state index contributed by atoms with van der Waals surface area (Å²) in [5.41, 5.74) is 26.6. The quantitative estimate of drug-likeness (QED) is 0.163. The monoisotopic (exact) mass is 944 g/mol. The van der Waals surface area contributed by atoms with E-state index < -0.39 is 0 Å². The van der Waals surface area contributed by atoms with E-state index in [0.29, 0.717) is 0 Å². The molecule has 5 heteroatoms. The van der Waals surface area contributed by atoms with Gasteiger partial charge in [-0.2, -0.15) is 0 Å². The van der Waals surface area contributed by atoms with Gasteiger partial charge < -0.3 is 9.71 Å². The second-order valence-electron chi connectivity index (χ2n) is 23.7. The Morgan fingerprint density at radius 3 is 1.87 bits per heavy atom. The molecule has 13 rings (SSSR count). The molecule has 0 unspecified atom stereocenters. The lowest BCUT2D eigenvalue weighted by Crippen LogP contribution is -2.62. The van der Waals surface area contributed by atoms with Crippen LogP contribution in [-0.2, 0) is 21.7 Å². The lowest BCUT2D eigenvalue weighted by atomic mass is 9.43. The van der Waals surface area contributed by atoms with Crippen LogP contribution in [0, 0.1) is 13.8 Å². The van der Waals surface area contributed by atoms with E-state index in [-0.39, 0.29) is 28.5 Å². The molecule has 0 atom stereocenters. The van der Waals surface area contributed by atoms with Crippen LogP contribution in [0.2, 0.25) is 0 Å². The zero-order valence-electron chi connectivity index (χ0n) is 42.6. The fourth-order valence-corrected chi connectivity index (χ4v) is 15.2. The largest absolute Gasteiger partial charge is 0.375 e. The van der Waals surface area contributed by atoms with Crippen LogP contribution in [-0.4, -0.2) is 6.85 Å². The van der Waals surface area contributed by atoms with Gasteiger partial charge >= 0.3 is 6.85 Å². The smallest absolute Gasteiger partial charge is 0.333 e. The molecule has 2 aliphatic carbocycles. The molecule has 8 aromatic carbocycles. The Morgan fingerprint density at radius 2 is 1.16 bits per heavy atom. The summed E-state index contributed by atoms with van der Waals surface area (Å²) in [6.45, 7) is 26.3. The molecule has 70 heavy (non-hydrogen) atoms. The minimum Gasteiger partial charge on any atom is -0.375 e. The molecule has 8 aromatic rings. The summed E-state index contributed by atoms with van der Waals surface area (Å²) in [6, 6.07) is 57.1. The summed E-state index contributed by atoms with van der Waals surface area (Å²) < 4.78 is 0. The Labute approximate surface area is 425 Å². The first kappa shape index (κ1) is 44.1. The molecule has 0 radical (unpaired) electrons. The number of rotatable bonds is 3. The van der Waals surface area contributed by atoms with Crippen molar-refractivity contribution in [2.24, 2.45) is 0 Å². The lowest BCUT2D eigenvalue weighted by molar-refractivity contribution is 0.332. The Bertz CT molecular complexity index is 3560. The van der Waals surface area contributed by atoms with Crippen molar-refractivity contribution in [2.75, 3.05) is 9.71 Å². The maximum atomic E-state index is 2.82. The zero-order chi connectivity index (χ0) is 48.4. The van der Waals surface area contributed by atoms with Gasteiger partial charge in [-0.25, -0.2) is 0 Å². The fourth-order valence-electron chi connectivity index (χ4n) is 12.9. The minimum absolute atomic E-state index is 0.0396. The number of hydrogen-bond acceptors (Lipinski definition) is 4. The predicted octanol–water partition coefficient (Wildman–Crippen LogP) is 17.2. The normalized spacial score (nSPS) is 17.1. The first-order valence-corrected chi connectivity index (χ1v) is 27.0. The van der Waals surface area contributed by atoms with Crippen molar-refractivity contribution in [1.29, 1.82) is 0 Å². The van der Waals surface area contributed by atoms with Crippen LogP contribution in [0.1, 0.15) is 114 Å². The van der Waals surface area contributed by atoms with Crippen molar-refractivity contribution in [3.05, 3.63) is 185 Å². The summed E-state index contributed by atoms with van der Waals surface area (Å²) >= 11 is 3.86. The number of anilines is 5. The summed E-state index contributed by atoms with van der Waals surface area (Å²) in [5, 5.41) is 0. The highest BCUT2D eigenvalue weighted by Gasteiger charge is 2.50. The van der Waals surface area contributed by atoms with E-state index in [0.717, 1.165) is 0 Å². The summed E-state index contributed by atoms with van der Waals surface area (Å²) in [5.74, 6) is 0. The highest BCUT2D eigenvalue weighted by atomic mass is 32.2. The zero-order valence-corrected chi connectivity index (χ0v) is 44.2. The van der Waals surface area contributed by atoms with Gasteiger partial charge in [0.2, 0.25) is 0 Å². The van der Waals surface area contributed by atoms with Crippen LogP contribution < -0.4 is 20.6 Å². The molecule has 346 valence electrons. The Hall–Kier alpha value is -5.88. The van der Waals surface area contributed by atoms with Gasteiger partial charge in [-0.15, -0.1) is 0 Å². The molecule has 0 spiro atoms. The van der Waals surface area contributed by atoms with Gasteiger partial charge in [-0.3, -0.25) is 0 Å². The number of aryl methyl sites for hydroxylation is 2. The molecule has 0 N–H and O–H groups in total. The number of benzene rings is 8.